The topological polar surface area (TPSA) is 78.5 Å². The van der Waals surface area contributed by atoms with Crippen molar-refractivity contribution >= 4 is 23.4 Å². The van der Waals surface area contributed by atoms with E-state index in [1.165, 1.54) is 19.3 Å². The molecule has 1 heterocycles. The molecule has 1 aromatic carbocycles. The van der Waals surface area contributed by atoms with E-state index < -0.39 is 0 Å². The molecule has 29 heavy (non-hydrogen) atoms. The Kier molecular flexibility index (Phi) is 9.68. The van der Waals surface area contributed by atoms with Gasteiger partial charge in [0, 0.05) is 37.3 Å². The summed E-state index contributed by atoms with van der Waals surface area (Å²) in [6, 6.07) is 6.91. The molecule has 2 rings (SSSR count). The van der Waals surface area contributed by atoms with Gasteiger partial charge in [0.05, 0.1) is 5.92 Å². The van der Waals surface area contributed by atoms with E-state index in [9.17, 15) is 14.4 Å². The number of unbranched alkanes of at least 4 members (excludes halogenated alkanes) is 5. The predicted molar refractivity (Wildman–Crippen MR) is 116 cm³/mol. The van der Waals surface area contributed by atoms with Crippen LogP contribution in [-0.4, -0.2) is 42.3 Å². The molecule has 0 spiro atoms. The van der Waals surface area contributed by atoms with Crippen LogP contribution in [0.2, 0.25) is 0 Å². The first-order valence-corrected chi connectivity index (χ1v) is 11.0. The number of benzene rings is 1. The Morgan fingerprint density at radius 3 is 2.38 bits per heavy atom. The normalized spacial score (nSPS) is 16.1. The Hall–Kier alpha value is -2.37. The number of hydrogen-bond donors (Lipinski definition) is 2. The number of nitrogens with zero attached hydrogens (tertiary/aromatic N) is 1. The van der Waals surface area contributed by atoms with Crippen LogP contribution in [0.4, 0.5) is 5.69 Å². The first kappa shape index (κ1) is 22.9. The van der Waals surface area contributed by atoms with Crippen molar-refractivity contribution in [1.29, 1.82) is 0 Å². The van der Waals surface area contributed by atoms with Crippen LogP contribution in [0.3, 0.4) is 0 Å². The van der Waals surface area contributed by atoms with Crippen LogP contribution in [0.1, 0.15) is 75.6 Å². The van der Waals surface area contributed by atoms with Crippen molar-refractivity contribution in [2.45, 2.75) is 65.2 Å². The maximum Gasteiger partial charge on any atom is 0.251 e. The first-order chi connectivity index (χ1) is 14.0. The van der Waals surface area contributed by atoms with Crippen LogP contribution >= 0.6 is 0 Å². The fraction of sp³-hybridized carbons (Fsp3) is 0.609. The van der Waals surface area contributed by atoms with E-state index in [1.54, 1.807) is 29.2 Å². The first-order valence-electron chi connectivity index (χ1n) is 11.0. The summed E-state index contributed by atoms with van der Waals surface area (Å²) in [5.74, 6) is -0.483. The fourth-order valence-electron chi connectivity index (χ4n) is 3.49. The van der Waals surface area contributed by atoms with E-state index in [0.717, 1.165) is 32.2 Å². The Balaban J connectivity index is 1.76. The standard InChI is InChI=1S/C23H35N3O3/c1-3-5-7-8-9-14-24-22(28)18-10-12-20(13-11-18)25-23(29)19-16-21(27)26(17-19)15-6-4-2/h10-13,19H,3-9,14-17H2,1-2H3,(H,24,28)(H,25,29). The maximum absolute atomic E-state index is 12.5. The fourth-order valence-corrected chi connectivity index (χ4v) is 3.49. The lowest BCUT2D eigenvalue weighted by Crippen LogP contribution is -2.29. The third-order valence-electron chi connectivity index (χ3n) is 5.35. The molecule has 1 fully saturated rings. The second kappa shape index (κ2) is 12.2. The second-order valence-electron chi connectivity index (χ2n) is 7.83. The van der Waals surface area contributed by atoms with Crippen molar-refractivity contribution in [3.8, 4) is 0 Å². The van der Waals surface area contributed by atoms with Crippen LogP contribution in [0.5, 0.6) is 0 Å². The molecule has 6 heteroatoms. The number of rotatable bonds is 12. The molecule has 0 radical (unpaired) electrons. The quantitative estimate of drug-likeness (QED) is 0.520. The molecule has 6 nitrogen and oxygen atoms in total. The van der Waals surface area contributed by atoms with E-state index in [2.05, 4.69) is 24.5 Å². The smallest absolute Gasteiger partial charge is 0.251 e. The summed E-state index contributed by atoms with van der Waals surface area (Å²) in [6.45, 7) is 6.17. The molecule has 1 aromatic rings. The lowest BCUT2D eigenvalue weighted by atomic mass is 10.1. The van der Waals surface area contributed by atoms with Crippen LogP contribution in [0.15, 0.2) is 24.3 Å². The zero-order valence-electron chi connectivity index (χ0n) is 17.8. The minimum absolute atomic E-state index is 0.0558. The summed E-state index contributed by atoms with van der Waals surface area (Å²) in [6.07, 6.45) is 8.06. The Morgan fingerprint density at radius 2 is 1.69 bits per heavy atom. The number of amides is 3. The van der Waals surface area contributed by atoms with E-state index in [-0.39, 0.29) is 30.1 Å². The SMILES string of the molecule is CCCCCCCNC(=O)c1ccc(NC(=O)C2CC(=O)N(CCCC)C2)cc1. The molecule has 160 valence electrons. The molecule has 0 aliphatic carbocycles. The lowest BCUT2D eigenvalue weighted by molar-refractivity contribution is -0.128. The molecule has 1 saturated heterocycles. The zero-order valence-corrected chi connectivity index (χ0v) is 17.8. The molecule has 0 saturated carbocycles. The summed E-state index contributed by atoms with van der Waals surface area (Å²) in [4.78, 5) is 38.5. The number of anilines is 1. The van der Waals surface area contributed by atoms with Crippen molar-refractivity contribution in [1.82, 2.24) is 10.2 Å². The third-order valence-corrected chi connectivity index (χ3v) is 5.35. The molecular weight excluding hydrogens is 366 g/mol. The van der Waals surface area contributed by atoms with Gasteiger partial charge in [-0.15, -0.1) is 0 Å². The molecule has 2 N–H and O–H groups in total. The van der Waals surface area contributed by atoms with E-state index in [0.29, 0.717) is 24.3 Å². The lowest BCUT2D eigenvalue weighted by Gasteiger charge is -2.16. The van der Waals surface area contributed by atoms with Crippen molar-refractivity contribution in [3.63, 3.8) is 0 Å². The van der Waals surface area contributed by atoms with Crippen LogP contribution in [0, 0.1) is 5.92 Å². The maximum atomic E-state index is 12.5. The molecule has 1 atom stereocenters. The van der Waals surface area contributed by atoms with E-state index >= 15 is 0 Å². The zero-order chi connectivity index (χ0) is 21.1. The van der Waals surface area contributed by atoms with Gasteiger partial charge in [-0.25, -0.2) is 0 Å². The molecule has 0 bridgehead atoms. The molecule has 1 aliphatic rings. The average molecular weight is 402 g/mol. The van der Waals surface area contributed by atoms with E-state index in [1.807, 2.05) is 0 Å². The molecule has 1 unspecified atom stereocenters. The summed E-state index contributed by atoms with van der Waals surface area (Å²) in [5.41, 5.74) is 1.23. The van der Waals surface area contributed by atoms with Gasteiger partial charge in [-0.2, -0.15) is 0 Å². The van der Waals surface area contributed by atoms with Crippen molar-refractivity contribution < 1.29 is 14.4 Å². The summed E-state index contributed by atoms with van der Waals surface area (Å²) < 4.78 is 0. The van der Waals surface area contributed by atoms with Gasteiger partial charge < -0.3 is 15.5 Å². The van der Waals surface area contributed by atoms with Gasteiger partial charge in [0.15, 0.2) is 0 Å². The number of likely N-dealkylation sites (tertiary alicyclic amines) is 1. The highest BCUT2D eigenvalue weighted by molar-refractivity contribution is 5.98. The molecule has 0 aromatic heterocycles. The van der Waals surface area contributed by atoms with Gasteiger partial charge in [-0.05, 0) is 37.1 Å². The van der Waals surface area contributed by atoms with E-state index in [4.69, 9.17) is 0 Å². The highest BCUT2D eigenvalue weighted by Gasteiger charge is 2.33. The Bertz CT molecular complexity index is 672. The van der Waals surface area contributed by atoms with Gasteiger partial charge >= 0.3 is 0 Å². The van der Waals surface area contributed by atoms with Gasteiger partial charge in [0.1, 0.15) is 0 Å². The number of carbonyl (C=O) groups excluding carboxylic acids is 3. The highest BCUT2D eigenvalue weighted by atomic mass is 16.2. The number of carbonyl (C=O) groups is 3. The van der Waals surface area contributed by atoms with Crippen molar-refractivity contribution in [2.24, 2.45) is 5.92 Å². The monoisotopic (exact) mass is 401 g/mol. The van der Waals surface area contributed by atoms with Crippen LogP contribution in [0.25, 0.3) is 0 Å². The van der Waals surface area contributed by atoms with Crippen LogP contribution in [-0.2, 0) is 9.59 Å². The minimum atomic E-state index is -0.310. The van der Waals surface area contributed by atoms with Gasteiger partial charge in [0.2, 0.25) is 11.8 Å². The average Bonchev–Trinajstić information content (AvgIpc) is 3.10. The second-order valence-corrected chi connectivity index (χ2v) is 7.83. The van der Waals surface area contributed by atoms with Crippen molar-refractivity contribution in [3.05, 3.63) is 29.8 Å². The Labute approximate surface area is 174 Å². The molecular formula is C23H35N3O3. The van der Waals surface area contributed by atoms with Gasteiger partial charge in [0.25, 0.3) is 5.91 Å². The van der Waals surface area contributed by atoms with Crippen LogP contribution < -0.4 is 10.6 Å². The summed E-state index contributed by atoms with van der Waals surface area (Å²) in [5, 5.41) is 5.81. The summed E-state index contributed by atoms with van der Waals surface area (Å²) >= 11 is 0. The molecule has 1 aliphatic heterocycles. The number of nitrogens with one attached hydrogen (secondary N) is 2. The predicted octanol–water partition coefficient (Wildman–Crippen LogP) is 3.97. The summed E-state index contributed by atoms with van der Waals surface area (Å²) in [7, 11) is 0. The van der Waals surface area contributed by atoms with Crippen molar-refractivity contribution in [2.75, 3.05) is 25.0 Å². The minimum Gasteiger partial charge on any atom is -0.352 e. The molecule has 3 amide bonds. The largest absolute Gasteiger partial charge is 0.352 e. The number of hydrogen-bond acceptors (Lipinski definition) is 3. The highest BCUT2D eigenvalue weighted by Crippen LogP contribution is 2.20. The third kappa shape index (κ3) is 7.52. The Morgan fingerprint density at radius 1 is 1.00 bits per heavy atom. The van der Waals surface area contributed by atoms with Gasteiger partial charge in [-0.1, -0.05) is 46.0 Å². The van der Waals surface area contributed by atoms with Gasteiger partial charge in [-0.3, -0.25) is 14.4 Å².